The number of benzene rings is 1. The topological polar surface area (TPSA) is 34.9 Å². The van der Waals surface area contributed by atoms with Crippen LogP contribution in [0.2, 0.25) is 5.02 Å². The molecule has 0 atom stereocenters. The van der Waals surface area contributed by atoms with Gasteiger partial charge in [0.1, 0.15) is 0 Å². The van der Waals surface area contributed by atoms with Crippen molar-refractivity contribution < 1.29 is 4.79 Å². The molecule has 0 amide bonds. The Bertz CT molecular complexity index is 614. The number of halogens is 1. The quantitative estimate of drug-likeness (QED) is 0.775. The molecule has 18 heavy (non-hydrogen) atoms. The molecule has 3 nitrogen and oxygen atoms in total. The van der Waals surface area contributed by atoms with E-state index >= 15 is 0 Å². The van der Waals surface area contributed by atoms with Gasteiger partial charge in [0.15, 0.2) is 0 Å². The fourth-order valence-electron chi connectivity index (χ4n) is 1.69. The summed E-state index contributed by atoms with van der Waals surface area (Å²) in [4.78, 5) is 11.9. The van der Waals surface area contributed by atoms with E-state index in [0.29, 0.717) is 5.02 Å². The molecule has 0 spiro atoms. The minimum Gasteiger partial charge on any atom is -0.267 e. The minimum absolute atomic E-state index is 0.180. The molecule has 1 aromatic heterocycles. The van der Waals surface area contributed by atoms with E-state index in [0.717, 1.165) is 17.0 Å². The summed E-state index contributed by atoms with van der Waals surface area (Å²) >= 11 is 6.00. The van der Waals surface area contributed by atoms with Crippen molar-refractivity contribution in [1.29, 1.82) is 0 Å². The Hall–Kier alpha value is -1.87. The minimum atomic E-state index is -0.180. The first-order valence-electron chi connectivity index (χ1n) is 5.58. The number of aryl methyl sites for hydroxylation is 2. The predicted octanol–water partition coefficient (Wildman–Crippen LogP) is 3.51. The van der Waals surface area contributed by atoms with Gasteiger partial charge < -0.3 is 0 Å². The summed E-state index contributed by atoms with van der Waals surface area (Å²) in [5, 5.41) is 4.75. The SMILES string of the molecule is Cc1cc(C)n(C(=O)C=Cc2ccccc2Cl)n1. The first-order valence-corrected chi connectivity index (χ1v) is 5.96. The van der Waals surface area contributed by atoms with E-state index in [1.165, 1.54) is 10.8 Å². The van der Waals surface area contributed by atoms with Gasteiger partial charge in [-0.1, -0.05) is 29.8 Å². The zero-order valence-electron chi connectivity index (χ0n) is 10.2. The van der Waals surface area contributed by atoms with Crippen molar-refractivity contribution in [1.82, 2.24) is 9.78 Å². The number of nitrogens with zero attached hydrogens (tertiary/aromatic N) is 2. The predicted molar refractivity (Wildman–Crippen MR) is 72.8 cm³/mol. The molecule has 0 aliphatic rings. The van der Waals surface area contributed by atoms with E-state index < -0.39 is 0 Å². The highest BCUT2D eigenvalue weighted by molar-refractivity contribution is 6.32. The van der Waals surface area contributed by atoms with Gasteiger partial charge in [-0.05, 0) is 37.6 Å². The second kappa shape index (κ2) is 5.19. The first-order chi connectivity index (χ1) is 8.58. The molecule has 0 aliphatic heterocycles. The maximum Gasteiger partial charge on any atom is 0.271 e. The second-order valence-corrected chi connectivity index (χ2v) is 4.44. The van der Waals surface area contributed by atoms with Crippen LogP contribution < -0.4 is 0 Å². The van der Waals surface area contributed by atoms with Crippen LogP contribution in [0.4, 0.5) is 0 Å². The smallest absolute Gasteiger partial charge is 0.267 e. The zero-order valence-corrected chi connectivity index (χ0v) is 11.0. The van der Waals surface area contributed by atoms with Gasteiger partial charge in [0.25, 0.3) is 5.91 Å². The highest BCUT2D eigenvalue weighted by Gasteiger charge is 2.06. The Balaban J connectivity index is 2.22. The molecule has 0 N–H and O–H groups in total. The Morgan fingerprint density at radius 1 is 1.33 bits per heavy atom. The normalized spacial score (nSPS) is 11.1. The van der Waals surface area contributed by atoms with Gasteiger partial charge in [-0.15, -0.1) is 0 Å². The van der Waals surface area contributed by atoms with E-state index in [9.17, 15) is 4.79 Å². The van der Waals surface area contributed by atoms with Gasteiger partial charge in [-0.3, -0.25) is 4.79 Å². The summed E-state index contributed by atoms with van der Waals surface area (Å²) < 4.78 is 1.38. The number of hydrogen-bond donors (Lipinski definition) is 0. The number of allylic oxidation sites excluding steroid dienone is 1. The molecule has 2 rings (SSSR count). The maximum atomic E-state index is 11.9. The van der Waals surface area contributed by atoms with Crippen molar-refractivity contribution in [3.8, 4) is 0 Å². The van der Waals surface area contributed by atoms with Crippen LogP contribution in [0.1, 0.15) is 21.7 Å². The number of hydrogen-bond acceptors (Lipinski definition) is 2. The first kappa shape index (κ1) is 12.6. The van der Waals surface area contributed by atoms with Crippen LogP contribution in [0.15, 0.2) is 36.4 Å². The zero-order chi connectivity index (χ0) is 13.1. The van der Waals surface area contributed by atoms with Crippen LogP contribution in [0.25, 0.3) is 6.08 Å². The highest BCUT2D eigenvalue weighted by Crippen LogP contribution is 2.16. The van der Waals surface area contributed by atoms with Crippen molar-refractivity contribution >= 4 is 23.6 Å². The summed E-state index contributed by atoms with van der Waals surface area (Å²) in [5.41, 5.74) is 2.46. The van der Waals surface area contributed by atoms with E-state index in [4.69, 9.17) is 11.6 Å². The van der Waals surface area contributed by atoms with Crippen LogP contribution in [-0.2, 0) is 0 Å². The number of rotatable bonds is 2. The second-order valence-electron chi connectivity index (χ2n) is 4.03. The fourth-order valence-corrected chi connectivity index (χ4v) is 1.89. The molecule has 0 unspecified atom stereocenters. The molecule has 2 aromatic rings. The Labute approximate surface area is 111 Å². The van der Waals surface area contributed by atoms with E-state index in [1.54, 1.807) is 12.1 Å². The van der Waals surface area contributed by atoms with Crippen molar-refractivity contribution in [3.05, 3.63) is 58.4 Å². The molecule has 0 saturated carbocycles. The lowest BCUT2D eigenvalue weighted by Gasteiger charge is -1.99. The number of carbonyl (C=O) groups excluding carboxylic acids is 1. The fraction of sp³-hybridized carbons (Fsp3) is 0.143. The molecular formula is C14H13ClN2O. The number of carbonyl (C=O) groups is 1. The van der Waals surface area contributed by atoms with Crippen LogP contribution >= 0.6 is 11.6 Å². The standard InChI is InChI=1S/C14H13ClN2O/c1-10-9-11(2)17(16-10)14(18)8-7-12-5-3-4-6-13(12)15/h3-9H,1-2H3. The van der Waals surface area contributed by atoms with Crippen molar-refractivity contribution in [2.75, 3.05) is 0 Å². The lowest BCUT2D eigenvalue weighted by molar-refractivity contribution is 0.0952. The van der Waals surface area contributed by atoms with Gasteiger partial charge in [0.05, 0.1) is 5.69 Å². The summed E-state index contributed by atoms with van der Waals surface area (Å²) in [6.07, 6.45) is 3.17. The van der Waals surface area contributed by atoms with Crippen LogP contribution in [0, 0.1) is 13.8 Å². The molecule has 0 aliphatic carbocycles. The molecule has 0 radical (unpaired) electrons. The highest BCUT2D eigenvalue weighted by atomic mass is 35.5. The van der Waals surface area contributed by atoms with Crippen LogP contribution in [-0.4, -0.2) is 15.7 Å². The van der Waals surface area contributed by atoms with Crippen molar-refractivity contribution in [2.45, 2.75) is 13.8 Å². The Morgan fingerprint density at radius 3 is 2.67 bits per heavy atom. The van der Waals surface area contributed by atoms with Gasteiger partial charge >= 0.3 is 0 Å². The number of aromatic nitrogens is 2. The van der Waals surface area contributed by atoms with Crippen molar-refractivity contribution in [3.63, 3.8) is 0 Å². The maximum absolute atomic E-state index is 11.9. The summed E-state index contributed by atoms with van der Waals surface area (Å²) in [7, 11) is 0. The van der Waals surface area contributed by atoms with Gasteiger partial charge in [0.2, 0.25) is 0 Å². The third-order valence-electron chi connectivity index (χ3n) is 2.53. The lowest BCUT2D eigenvalue weighted by Crippen LogP contribution is -2.10. The van der Waals surface area contributed by atoms with Crippen LogP contribution in [0.5, 0.6) is 0 Å². The summed E-state index contributed by atoms with van der Waals surface area (Å²) in [6, 6.07) is 9.23. The van der Waals surface area contributed by atoms with E-state index in [2.05, 4.69) is 5.10 Å². The average Bonchev–Trinajstić information content (AvgIpc) is 2.67. The largest absolute Gasteiger partial charge is 0.271 e. The molecule has 92 valence electrons. The molecule has 1 heterocycles. The summed E-state index contributed by atoms with van der Waals surface area (Å²) in [5.74, 6) is -0.180. The monoisotopic (exact) mass is 260 g/mol. The van der Waals surface area contributed by atoms with Crippen molar-refractivity contribution in [2.24, 2.45) is 0 Å². The van der Waals surface area contributed by atoms with Crippen LogP contribution in [0.3, 0.4) is 0 Å². The summed E-state index contributed by atoms with van der Waals surface area (Å²) in [6.45, 7) is 3.70. The Morgan fingerprint density at radius 2 is 2.06 bits per heavy atom. The average molecular weight is 261 g/mol. The third-order valence-corrected chi connectivity index (χ3v) is 2.87. The van der Waals surface area contributed by atoms with Gasteiger partial charge in [-0.25, -0.2) is 4.68 Å². The molecule has 0 bridgehead atoms. The molecular weight excluding hydrogens is 248 g/mol. The van der Waals surface area contributed by atoms with Gasteiger partial charge in [0, 0.05) is 16.8 Å². The molecule has 1 aromatic carbocycles. The lowest BCUT2D eigenvalue weighted by atomic mass is 10.2. The molecule has 0 saturated heterocycles. The van der Waals surface area contributed by atoms with E-state index in [1.807, 2.05) is 38.1 Å². The Kier molecular flexibility index (Phi) is 3.63. The van der Waals surface area contributed by atoms with Gasteiger partial charge in [-0.2, -0.15) is 5.10 Å². The molecule has 0 fully saturated rings. The molecule has 4 heteroatoms. The third kappa shape index (κ3) is 2.68. The van der Waals surface area contributed by atoms with E-state index in [-0.39, 0.29) is 5.91 Å².